The summed E-state index contributed by atoms with van der Waals surface area (Å²) in [4.78, 5) is 6.93. The van der Waals surface area contributed by atoms with Crippen LogP contribution in [0.15, 0.2) is 53.3 Å². The summed E-state index contributed by atoms with van der Waals surface area (Å²) in [5.41, 5.74) is 2.28. The van der Waals surface area contributed by atoms with E-state index in [0.717, 1.165) is 36.8 Å². The molecular weight excluding hydrogens is 300 g/mol. The number of benzene rings is 1. The van der Waals surface area contributed by atoms with Gasteiger partial charge in [-0.3, -0.25) is 9.58 Å². The summed E-state index contributed by atoms with van der Waals surface area (Å²) < 4.78 is 8.00. The van der Waals surface area contributed by atoms with E-state index in [2.05, 4.69) is 28.1 Å². The predicted octanol–water partition coefficient (Wildman–Crippen LogP) is 3.51. The maximum absolute atomic E-state index is 5.96. The molecule has 4 rings (SSSR count). The third-order valence-corrected chi connectivity index (χ3v) is 4.61. The Labute approximate surface area is 141 Å². The van der Waals surface area contributed by atoms with E-state index >= 15 is 0 Å². The number of aryl methyl sites for hydroxylation is 1. The van der Waals surface area contributed by atoms with E-state index in [1.807, 2.05) is 47.4 Å². The molecule has 0 amide bonds. The highest BCUT2D eigenvalue weighted by atomic mass is 16.4. The maximum Gasteiger partial charge on any atom is 0.209 e. The number of likely N-dealkylation sites (tertiary alicyclic amines) is 1. The van der Waals surface area contributed by atoms with Crippen LogP contribution in [0.5, 0.6) is 0 Å². The zero-order valence-electron chi connectivity index (χ0n) is 13.9. The van der Waals surface area contributed by atoms with E-state index in [4.69, 9.17) is 4.42 Å². The predicted molar refractivity (Wildman–Crippen MR) is 92.3 cm³/mol. The van der Waals surface area contributed by atoms with Gasteiger partial charge in [0.2, 0.25) is 5.89 Å². The van der Waals surface area contributed by atoms with Crippen LogP contribution in [-0.4, -0.2) is 32.3 Å². The lowest BCUT2D eigenvalue weighted by atomic mass is 10.2. The highest BCUT2D eigenvalue weighted by Gasteiger charge is 2.26. The standard InChI is InChI=1S/C19H22N4O/c1-15-10-21-23(12-15)13-17-8-5-9-22(17)14-19-20-11-18(24-19)16-6-3-2-4-7-16/h2-4,6-7,10-12,17H,5,8-9,13-14H2,1H3/t17-/m0/s1. The van der Waals surface area contributed by atoms with Gasteiger partial charge in [0.1, 0.15) is 0 Å². The molecule has 1 atom stereocenters. The molecule has 3 aromatic rings. The van der Waals surface area contributed by atoms with Crippen LogP contribution in [-0.2, 0) is 13.1 Å². The first-order valence-corrected chi connectivity index (χ1v) is 8.51. The molecule has 1 fully saturated rings. The highest BCUT2D eigenvalue weighted by molar-refractivity contribution is 5.55. The minimum absolute atomic E-state index is 0.497. The Hall–Kier alpha value is -2.40. The molecule has 3 heterocycles. The monoisotopic (exact) mass is 322 g/mol. The molecule has 0 saturated carbocycles. The lowest BCUT2D eigenvalue weighted by Gasteiger charge is -2.22. The molecule has 124 valence electrons. The molecule has 0 spiro atoms. The third kappa shape index (κ3) is 3.26. The van der Waals surface area contributed by atoms with Crippen molar-refractivity contribution in [2.24, 2.45) is 0 Å². The van der Waals surface area contributed by atoms with Crippen LogP contribution in [0.2, 0.25) is 0 Å². The number of rotatable bonds is 5. The van der Waals surface area contributed by atoms with Crippen molar-refractivity contribution >= 4 is 0 Å². The lowest BCUT2D eigenvalue weighted by molar-refractivity contribution is 0.200. The largest absolute Gasteiger partial charge is 0.439 e. The van der Waals surface area contributed by atoms with Crippen molar-refractivity contribution in [3.05, 3.63) is 60.4 Å². The Morgan fingerprint density at radius 2 is 2.08 bits per heavy atom. The summed E-state index contributed by atoms with van der Waals surface area (Å²) in [5.74, 6) is 1.63. The summed E-state index contributed by atoms with van der Waals surface area (Å²) in [6.07, 6.45) is 8.27. The van der Waals surface area contributed by atoms with E-state index in [0.29, 0.717) is 6.04 Å². The Morgan fingerprint density at radius 3 is 2.88 bits per heavy atom. The van der Waals surface area contributed by atoms with Crippen LogP contribution < -0.4 is 0 Å². The number of hydrogen-bond acceptors (Lipinski definition) is 4. The van der Waals surface area contributed by atoms with Gasteiger partial charge < -0.3 is 4.42 Å². The van der Waals surface area contributed by atoms with Crippen molar-refractivity contribution in [2.75, 3.05) is 6.54 Å². The minimum Gasteiger partial charge on any atom is -0.439 e. The number of aromatic nitrogens is 3. The average Bonchev–Trinajstić information content (AvgIpc) is 3.32. The lowest BCUT2D eigenvalue weighted by Crippen LogP contribution is -2.32. The van der Waals surface area contributed by atoms with Gasteiger partial charge in [0.25, 0.3) is 0 Å². The second-order valence-corrected chi connectivity index (χ2v) is 6.49. The summed E-state index contributed by atoms with van der Waals surface area (Å²) in [7, 11) is 0. The normalized spacial score (nSPS) is 18.3. The van der Waals surface area contributed by atoms with Crippen LogP contribution in [0.4, 0.5) is 0 Å². The van der Waals surface area contributed by atoms with Gasteiger partial charge in [0.05, 0.1) is 25.5 Å². The van der Waals surface area contributed by atoms with E-state index in [1.54, 1.807) is 0 Å². The first kappa shape index (κ1) is 15.1. The fourth-order valence-electron chi connectivity index (χ4n) is 3.39. The molecule has 0 bridgehead atoms. The summed E-state index contributed by atoms with van der Waals surface area (Å²) in [6.45, 7) is 4.86. The Bertz CT molecular complexity index is 793. The second-order valence-electron chi connectivity index (χ2n) is 6.49. The van der Waals surface area contributed by atoms with E-state index in [9.17, 15) is 0 Å². The minimum atomic E-state index is 0.497. The second kappa shape index (κ2) is 6.61. The summed E-state index contributed by atoms with van der Waals surface area (Å²) >= 11 is 0. The van der Waals surface area contributed by atoms with Crippen molar-refractivity contribution in [2.45, 2.75) is 38.9 Å². The molecular formula is C19H22N4O. The molecule has 1 saturated heterocycles. The summed E-state index contributed by atoms with van der Waals surface area (Å²) in [5, 5.41) is 4.42. The maximum atomic E-state index is 5.96. The number of nitrogens with zero attached hydrogens (tertiary/aromatic N) is 4. The highest BCUT2D eigenvalue weighted by Crippen LogP contribution is 2.24. The van der Waals surface area contributed by atoms with Gasteiger partial charge in [-0.1, -0.05) is 30.3 Å². The fourth-order valence-corrected chi connectivity index (χ4v) is 3.39. The molecule has 1 aliphatic rings. The van der Waals surface area contributed by atoms with E-state index in [1.165, 1.54) is 18.4 Å². The fraction of sp³-hybridized carbons (Fsp3) is 0.368. The molecule has 0 radical (unpaired) electrons. The van der Waals surface area contributed by atoms with Crippen molar-refractivity contribution in [1.29, 1.82) is 0 Å². The molecule has 24 heavy (non-hydrogen) atoms. The van der Waals surface area contributed by atoms with Gasteiger partial charge >= 0.3 is 0 Å². The third-order valence-electron chi connectivity index (χ3n) is 4.61. The molecule has 1 aliphatic heterocycles. The Kier molecular flexibility index (Phi) is 4.17. The first-order valence-electron chi connectivity index (χ1n) is 8.51. The van der Waals surface area contributed by atoms with Gasteiger partial charge in [-0.2, -0.15) is 5.10 Å². The van der Waals surface area contributed by atoms with E-state index < -0.39 is 0 Å². The molecule has 2 aromatic heterocycles. The zero-order valence-corrected chi connectivity index (χ0v) is 13.9. The van der Waals surface area contributed by atoms with Crippen molar-refractivity contribution < 1.29 is 4.42 Å². The quantitative estimate of drug-likeness (QED) is 0.721. The molecule has 0 aliphatic carbocycles. The average molecular weight is 322 g/mol. The van der Waals surface area contributed by atoms with Crippen LogP contribution in [0.1, 0.15) is 24.3 Å². The SMILES string of the molecule is Cc1cnn(C[C@@H]2CCCN2Cc2ncc(-c3ccccc3)o2)c1. The van der Waals surface area contributed by atoms with Gasteiger partial charge in [-0.15, -0.1) is 0 Å². The number of hydrogen-bond donors (Lipinski definition) is 0. The zero-order chi connectivity index (χ0) is 16.4. The molecule has 0 unspecified atom stereocenters. The first-order chi connectivity index (χ1) is 11.8. The van der Waals surface area contributed by atoms with Gasteiger partial charge in [-0.05, 0) is 31.9 Å². The molecule has 1 aromatic carbocycles. The van der Waals surface area contributed by atoms with Crippen LogP contribution >= 0.6 is 0 Å². The van der Waals surface area contributed by atoms with E-state index in [-0.39, 0.29) is 0 Å². The van der Waals surface area contributed by atoms with Crippen LogP contribution in [0, 0.1) is 6.92 Å². The Morgan fingerprint density at radius 1 is 1.21 bits per heavy atom. The smallest absolute Gasteiger partial charge is 0.209 e. The van der Waals surface area contributed by atoms with Gasteiger partial charge in [0.15, 0.2) is 5.76 Å². The van der Waals surface area contributed by atoms with Crippen LogP contribution in [0.25, 0.3) is 11.3 Å². The topological polar surface area (TPSA) is 47.1 Å². The van der Waals surface area contributed by atoms with Gasteiger partial charge in [-0.25, -0.2) is 4.98 Å². The van der Waals surface area contributed by atoms with Crippen molar-refractivity contribution in [1.82, 2.24) is 19.7 Å². The Balaban J connectivity index is 1.43. The molecule has 5 nitrogen and oxygen atoms in total. The molecule has 0 N–H and O–H groups in total. The van der Waals surface area contributed by atoms with Crippen molar-refractivity contribution in [3.63, 3.8) is 0 Å². The van der Waals surface area contributed by atoms with Crippen LogP contribution in [0.3, 0.4) is 0 Å². The number of oxazole rings is 1. The summed E-state index contributed by atoms with van der Waals surface area (Å²) in [6, 6.07) is 10.6. The van der Waals surface area contributed by atoms with Crippen molar-refractivity contribution in [3.8, 4) is 11.3 Å². The van der Waals surface area contributed by atoms with Gasteiger partial charge in [0, 0.05) is 17.8 Å². The molecule has 5 heteroatoms.